The van der Waals surface area contributed by atoms with Gasteiger partial charge in [-0.2, -0.15) is 0 Å². The Morgan fingerprint density at radius 1 is 0.404 bits per heavy atom. The van der Waals surface area contributed by atoms with E-state index in [-0.39, 0.29) is 0 Å². The molecule has 2 N–H and O–H groups in total. The van der Waals surface area contributed by atoms with Gasteiger partial charge in [-0.3, -0.25) is 0 Å². The number of nitrogens with zero attached hydrogens (tertiary/aromatic N) is 7. The van der Waals surface area contributed by atoms with Gasteiger partial charge in [-0.1, -0.05) is 97.1 Å². The molecule has 264 valence electrons. The molecule has 1 unspecified atom stereocenters. The van der Waals surface area contributed by atoms with Gasteiger partial charge < -0.3 is 5.32 Å². The van der Waals surface area contributed by atoms with Crippen molar-refractivity contribution in [3.05, 3.63) is 179 Å². The van der Waals surface area contributed by atoms with Gasteiger partial charge in [0.05, 0.1) is 0 Å². The fourth-order valence-electron chi connectivity index (χ4n) is 9.25. The summed E-state index contributed by atoms with van der Waals surface area (Å²) in [6, 6.07) is 51.6. The zero-order chi connectivity index (χ0) is 36.9. The molecule has 0 amide bonds. The van der Waals surface area contributed by atoms with Crippen molar-refractivity contribution in [3.8, 4) is 0 Å². The van der Waals surface area contributed by atoms with E-state index in [1.165, 1.54) is 0 Å². The summed E-state index contributed by atoms with van der Waals surface area (Å²) in [5.74, 6) is 3.41. The van der Waals surface area contributed by atoms with Crippen molar-refractivity contribution in [2.24, 2.45) is 25.0 Å². The number of benzene rings is 8. The first kappa shape index (κ1) is 29.4. The summed E-state index contributed by atoms with van der Waals surface area (Å²) in [6.45, 7) is 0. The van der Waals surface area contributed by atoms with Gasteiger partial charge in [0, 0.05) is 43.8 Å². The van der Waals surface area contributed by atoms with Crippen LogP contribution in [-0.2, 0) is 0 Å². The van der Waals surface area contributed by atoms with Gasteiger partial charge in [0.2, 0.25) is 0 Å². The SMILES string of the molecule is c1ccc2cc3c(cc2c1)C1=NC3=Nc2c3cc4ccccc4cc3c3n2Nn2c(c4cc5ccccc5cc4c2=NC2=NC(N3)c3cc4ccccc4cc32)=N1. The Bertz CT molecular complexity index is 3770. The molecule has 14 rings (SSSR count). The van der Waals surface area contributed by atoms with Crippen molar-refractivity contribution in [1.82, 2.24) is 9.35 Å². The molecule has 0 radical (unpaired) electrons. The summed E-state index contributed by atoms with van der Waals surface area (Å²) in [5.41, 5.74) is 9.15. The molecule has 10 aromatic rings. The van der Waals surface area contributed by atoms with Gasteiger partial charge in [-0.25, -0.2) is 39.8 Å². The molecule has 8 aromatic carbocycles. The van der Waals surface area contributed by atoms with Gasteiger partial charge in [-0.15, -0.1) is 0 Å². The number of amidine groups is 3. The first-order valence-corrected chi connectivity index (χ1v) is 19.1. The maximum absolute atomic E-state index is 5.50. The van der Waals surface area contributed by atoms with Gasteiger partial charge in [0.15, 0.2) is 34.3 Å². The number of hydrogen-bond donors (Lipinski definition) is 2. The van der Waals surface area contributed by atoms with Crippen LogP contribution in [0.4, 0.5) is 11.6 Å². The zero-order valence-corrected chi connectivity index (χ0v) is 30.1. The molecule has 4 aliphatic rings. The molecule has 6 heterocycles. The lowest BCUT2D eigenvalue weighted by molar-refractivity contribution is 0.701. The molecule has 4 aliphatic heterocycles. The third-order valence-electron chi connectivity index (χ3n) is 12.0. The van der Waals surface area contributed by atoms with E-state index >= 15 is 0 Å². The van der Waals surface area contributed by atoms with E-state index in [1.54, 1.807) is 0 Å². The fraction of sp³-hybridized carbons (Fsp3) is 0.0208. The number of aromatic nitrogens is 2. The lowest BCUT2D eigenvalue weighted by atomic mass is 10.0. The van der Waals surface area contributed by atoms with E-state index in [9.17, 15) is 0 Å². The van der Waals surface area contributed by atoms with Gasteiger partial charge in [0.1, 0.15) is 12.0 Å². The number of aliphatic imine (C=N–C) groups is 3. The van der Waals surface area contributed by atoms with E-state index in [0.717, 1.165) is 92.7 Å². The molecule has 9 heteroatoms. The summed E-state index contributed by atoms with van der Waals surface area (Å²) in [6.07, 6.45) is -0.414. The molecule has 0 aliphatic carbocycles. The topological polar surface area (TPSA) is 95.7 Å². The molecule has 0 spiro atoms. The van der Waals surface area contributed by atoms with E-state index in [2.05, 4.69) is 156 Å². The molecule has 9 nitrogen and oxygen atoms in total. The van der Waals surface area contributed by atoms with E-state index in [4.69, 9.17) is 25.0 Å². The predicted octanol–water partition coefficient (Wildman–Crippen LogP) is 9.19. The minimum absolute atomic E-state index is 0.414. The molecule has 0 saturated heterocycles. The first-order chi connectivity index (χ1) is 28.2. The van der Waals surface area contributed by atoms with Gasteiger partial charge in [-0.05, 0) is 91.6 Å². The summed E-state index contributed by atoms with van der Waals surface area (Å²) in [4.78, 5) is 27.1. The largest absolute Gasteiger partial charge is 0.344 e. The summed E-state index contributed by atoms with van der Waals surface area (Å²) in [7, 11) is 0. The molecule has 57 heavy (non-hydrogen) atoms. The Hall–Kier alpha value is -7.91. The second-order valence-electron chi connectivity index (χ2n) is 15.2. The molecule has 1 atom stereocenters. The predicted molar refractivity (Wildman–Crippen MR) is 229 cm³/mol. The van der Waals surface area contributed by atoms with Gasteiger partial charge in [0.25, 0.3) is 0 Å². The summed E-state index contributed by atoms with van der Waals surface area (Å²) >= 11 is 0. The molecular weight excluding hydrogens is 703 g/mol. The third-order valence-corrected chi connectivity index (χ3v) is 12.0. The van der Waals surface area contributed by atoms with Gasteiger partial charge >= 0.3 is 0 Å². The van der Waals surface area contributed by atoms with Crippen LogP contribution in [0.3, 0.4) is 0 Å². The van der Waals surface area contributed by atoms with Crippen LogP contribution in [0.5, 0.6) is 0 Å². The monoisotopic (exact) mass is 729 g/mol. The van der Waals surface area contributed by atoms with Crippen molar-refractivity contribution in [3.63, 3.8) is 0 Å². The summed E-state index contributed by atoms with van der Waals surface area (Å²) in [5, 5.41) is 16.8. The normalized spacial score (nSPS) is 16.1. The second-order valence-corrected chi connectivity index (χ2v) is 15.2. The highest BCUT2D eigenvalue weighted by Crippen LogP contribution is 2.43. The van der Waals surface area contributed by atoms with Crippen LogP contribution in [0.1, 0.15) is 28.4 Å². The van der Waals surface area contributed by atoms with Crippen molar-refractivity contribution < 1.29 is 0 Å². The number of anilines is 1. The molecule has 6 bridgehead atoms. The average Bonchev–Trinajstić information content (AvgIpc) is 3.93. The maximum atomic E-state index is 5.50. The quantitative estimate of drug-likeness (QED) is 0.163. The molecular formula is C48H27N9. The zero-order valence-electron chi connectivity index (χ0n) is 30.1. The van der Waals surface area contributed by atoms with Crippen LogP contribution in [0, 0.1) is 0 Å². The minimum atomic E-state index is -0.414. The van der Waals surface area contributed by atoms with Crippen molar-refractivity contribution in [2.45, 2.75) is 6.17 Å². The number of nitrogens with one attached hydrogen (secondary N) is 2. The Morgan fingerprint density at radius 2 is 0.860 bits per heavy atom. The van der Waals surface area contributed by atoms with E-state index < -0.39 is 6.17 Å². The van der Waals surface area contributed by atoms with Crippen LogP contribution in [-0.4, -0.2) is 26.9 Å². The average molecular weight is 730 g/mol. The lowest BCUT2D eigenvalue weighted by Gasteiger charge is -2.19. The Kier molecular flexibility index (Phi) is 5.39. The molecule has 0 saturated carbocycles. The minimum Gasteiger partial charge on any atom is -0.344 e. The van der Waals surface area contributed by atoms with E-state index in [0.29, 0.717) is 34.3 Å². The third kappa shape index (κ3) is 3.99. The number of rotatable bonds is 0. The van der Waals surface area contributed by atoms with E-state index in [1.807, 2.05) is 9.35 Å². The Morgan fingerprint density at radius 3 is 1.44 bits per heavy atom. The van der Waals surface area contributed by atoms with Crippen LogP contribution in [0.25, 0.3) is 64.6 Å². The van der Waals surface area contributed by atoms with Crippen LogP contribution in [0.2, 0.25) is 0 Å². The molecule has 0 fully saturated rings. The highest BCUT2D eigenvalue weighted by molar-refractivity contribution is 6.25. The van der Waals surface area contributed by atoms with Crippen molar-refractivity contribution in [2.75, 3.05) is 10.9 Å². The first-order valence-electron chi connectivity index (χ1n) is 19.1. The van der Waals surface area contributed by atoms with Crippen LogP contribution >= 0.6 is 0 Å². The van der Waals surface area contributed by atoms with Crippen molar-refractivity contribution in [1.29, 1.82) is 0 Å². The Balaban J connectivity index is 1.20. The number of fused-ring (bicyclic) bond motifs is 18. The number of hydrogen-bond acceptors (Lipinski definition) is 7. The van der Waals surface area contributed by atoms with Crippen molar-refractivity contribution >= 4 is 93.8 Å². The molecule has 2 aromatic heterocycles. The van der Waals surface area contributed by atoms with Crippen LogP contribution < -0.4 is 21.8 Å². The highest BCUT2D eigenvalue weighted by Gasteiger charge is 2.32. The summed E-state index contributed by atoms with van der Waals surface area (Å²) < 4.78 is 4.05. The smallest absolute Gasteiger partial charge is 0.165 e. The fourth-order valence-corrected chi connectivity index (χ4v) is 9.25. The highest BCUT2D eigenvalue weighted by atomic mass is 15.7. The second kappa shape index (κ2) is 10.4. The lowest BCUT2D eigenvalue weighted by Crippen LogP contribution is -2.40. The van der Waals surface area contributed by atoms with Crippen LogP contribution in [0.15, 0.2) is 171 Å². The Labute approximate surface area is 322 Å². The maximum Gasteiger partial charge on any atom is 0.165 e. The standard InChI is InChI=1S/C48H27N9/c1-2-10-26-18-34-33(17-25(26)9-1)41-49-42(34)52-46-39-23-31-15-7-8-16-32(31)24-40(39)48-54-44-36-20-28-12-4-3-11-27(28)19-35(36)43(50-44)53-47-38-22-30-14-6-5-13-29(30)21-37(38)45(51-41)56(47)55-57(46)48/h1-24,41,51,55H.